The lowest BCUT2D eigenvalue weighted by molar-refractivity contribution is -0.117. The zero-order valence-corrected chi connectivity index (χ0v) is 10.6. The highest BCUT2D eigenvalue weighted by molar-refractivity contribution is 7.81. The molecule has 1 aromatic rings. The number of hydrogen-bond acceptors (Lipinski definition) is 3. The van der Waals surface area contributed by atoms with Crippen LogP contribution in [0.15, 0.2) is 12.1 Å². The number of carbonyl (C=O) groups excluding carboxylic acids is 1. The first-order valence-electron chi connectivity index (χ1n) is 4.65. The first kappa shape index (κ1) is 11.9. The second-order valence-electron chi connectivity index (χ2n) is 3.62. The third-order valence-corrected chi connectivity index (χ3v) is 3.26. The van der Waals surface area contributed by atoms with Crippen molar-refractivity contribution in [3.8, 4) is 5.75 Å². The van der Waals surface area contributed by atoms with E-state index >= 15 is 0 Å². The maximum Gasteiger partial charge on any atom is 0.228 e. The molecule has 1 aromatic carbocycles. The quantitative estimate of drug-likeness (QED) is 0.775. The molecule has 1 unspecified atom stereocenters. The summed E-state index contributed by atoms with van der Waals surface area (Å²) in [4.78, 5) is 13.1. The third kappa shape index (κ3) is 2.10. The van der Waals surface area contributed by atoms with Gasteiger partial charge in [-0.25, -0.2) is 0 Å². The molecule has 1 N–H and O–H groups in total. The molecule has 16 heavy (non-hydrogen) atoms. The van der Waals surface area contributed by atoms with Crippen LogP contribution in [0.4, 0.5) is 5.69 Å². The Morgan fingerprint density at radius 2 is 2.12 bits per heavy atom. The maximum absolute atomic E-state index is 11.6. The average Bonchev–Trinajstić information content (AvgIpc) is 2.51. The van der Waals surface area contributed by atoms with Gasteiger partial charge in [0.1, 0.15) is 0 Å². The molecular formula is C10H9Cl2NO2S. The van der Waals surface area contributed by atoms with E-state index in [1.54, 1.807) is 0 Å². The van der Waals surface area contributed by atoms with Gasteiger partial charge in [-0.15, -0.1) is 0 Å². The van der Waals surface area contributed by atoms with E-state index in [4.69, 9.17) is 23.2 Å². The first-order valence-corrected chi connectivity index (χ1v) is 5.92. The van der Waals surface area contributed by atoms with Crippen LogP contribution in [-0.2, 0) is 4.79 Å². The molecule has 1 heterocycles. The van der Waals surface area contributed by atoms with E-state index in [0.717, 1.165) is 0 Å². The van der Waals surface area contributed by atoms with Gasteiger partial charge in [-0.3, -0.25) is 4.79 Å². The van der Waals surface area contributed by atoms with Gasteiger partial charge in [0, 0.05) is 23.2 Å². The van der Waals surface area contributed by atoms with E-state index in [0.29, 0.717) is 23.7 Å². The van der Waals surface area contributed by atoms with Crippen molar-refractivity contribution in [1.29, 1.82) is 0 Å². The number of amides is 1. The van der Waals surface area contributed by atoms with Crippen LogP contribution in [0.3, 0.4) is 0 Å². The molecule has 0 aliphatic carbocycles. The van der Waals surface area contributed by atoms with Crippen molar-refractivity contribution in [2.24, 2.45) is 0 Å². The van der Waals surface area contributed by atoms with Crippen molar-refractivity contribution in [3.63, 3.8) is 0 Å². The Morgan fingerprint density at radius 3 is 2.69 bits per heavy atom. The zero-order chi connectivity index (χ0) is 11.9. The summed E-state index contributed by atoms with van der Waals surface area (Å²) in [7, 11) is 0. The van der Waals surface area contributed by atoms with Gasteiger partial charge >= 0.3 is 0 Å². The molecule has 0 saturated carbocycles. The Morgan fingerprint density at radius 1 is 1.44 bits per heavy atom. The topological polar surface area (TPSA) is 40.5 Å². The van der Waals surface area contributed by atoms with Crippen molar-refractivity contribution in [2.75, 3.05) is 11.4 Å². The number of rotatable bonds is 1. The van der Waals surface area contributed by atoms with Crippen molar-refractivity contribution in [2.45, 2.75) is 11.7 Å². The molecule has 1 saturated heterocycles. The smallest absolute Gasteiger partial charge is 0.228 e. The minimum Gasteiger partial charge on any atom is -0.504 e. The fraction of sp³-hybridized carbons (Fsp3) is 0.300. The minimum atomic E-state index is -0.123. The van der Waals surface area contributed by atoms with Gasteiger partial charge in [-0.1, -0.05) is 23.2 Å². The van der Waals surface area contributed by atoms with Crippen molar-refractivity contribution >= 4 is 47.4 Å². The van der Waals surface area contributed by atoms with Crippen molar-refractivity contribution in [3.05, 3.63) is 22.2 Å². The van der Waals surface area contributed by atoms with E-state index in [-0.39, 0.29) is 21.9 Å². The maximum atomic E-state index is 11.6. The number of benzene rings is 1. The summed E-state index contributed by atoms with van der Waals surface area (Å²) in [5, 5.41) is 10.3. The standard InChI is InChI=1S/C10H9Cl2NO2S/c11-5-1-7(12)10(15)8(2-5)13-4-6(16)3-9(13)14/h1-2,6,15-16H,3-4H2. The summed E-state index contributed by atoms with van der Waals surface area (Å²) in [6.45, 7) is 0.451. The van der Waals surface area contributed by atoms with Gasteiger partial charge in [0.05, 0.1) is 10.7 Å². The average molecular weight is 278 g/mol. The van der Waals surface area contributed by atoms with E-state index in [9.17, 15) is 9.90 Å². The molecule has 0 spiro atoms. The molecule has 1 amide bonds. The Hall–Kier alpha value is -0.580. The fourth-order valence-electron chi connectivity index (χ4n) is 1.68. The normalized spacial score (nSPS) is 20.6. The van der Waals surface area contributed by atoms with Crippen LogP contribution in [0.5, 0.6) is 5.75 Å². The molecule has 3 nitrogen and oxygen atoms in total. The van der Waals surface area contributed by atoms with Gasteiger partial charge in [0.2, 0.25) is 5.91 Å². The van der Waals surface area contributed by atoms with Crippen LogP contribution < -0.4 is 4.90 Å². The van der Waals surface area contributed by atoms with Crippen molar-refractivity contribution < 1.29 is 9.90 Å². The Labute approximate surface area is 108 Å². The number of hydrogen-bond donors (Lipinski definition) is 2. The summed E-state index contributed by atoms with van der Waals surface area (Å²) >= 11 is 15.9. The van der Waals surface area contributed by atoms with E-state index in [1.807, 2.05) is 0 Å². The molecule has 0 aromatic heterocycles. The SMILES string of the molecule is O=C1CC(S)CN1c1cc(Cl)cc(Cl)c1O. The Bertz CT molecular complexity index is 453. The molecule has 0 radical (unpaired) electrons. The van der Waals surface area contributed by atoms with Crippen LogP contribution in [0, 0.1) is 0 Å². The van der Waals surface area contributed by atoms with E-state index in [1.165, 1.54) is 17.0 Å². The second kappa shape index (κ2) is 4.35. The number of halogens is 2. The number of carbonyl (C=O) groups is 1. The molecule has 86 valence electrons. The zero-order valence-electron chi connectivity index (χ0n) is 8.15. The molecule has 6 heteroatoms. The number of aromatic hydroxyl groups is 1. The molecule has 1 aliphatic heterocycles. The van der Waals surface area contributed by atoms with Gasteiger partial charge in [0.15, 0.2) is 5.75 Å². The predicted molar refractivity (Wildman–Crippen MR) is 67.9 cm³/mol. The highest BCUT2D eigenvalue weighted by Crippen LogP contribution is 2.39. The monoisotopic (exact) mass is 277 g/mol. The molecule has 1 atom stereocenters. The molecule has 0 bridgehead atoms. The van der Waals surface area contributed by atoms with E-state index < -0.39 is 0 Å². The number of phenols is 1. The molecule has 2 rings (SSSR count). The fourth-order valence-corrected chi connectivity index (χ4v) is 2.48. The summed E-state index contributed by atoms with van der Waals surface area (Å²) < 4.78 is 0. The van der Waals surface area contributed by atoms with Crippen LogP contribution in [0.25, 0.3) is 0 Å². The van der Waals surface area contributed by atoms with Gasteiger partial charge in [0.25, 0.3) is 0 Å². The summed E-state index contributed by atoms with van der Waals surface area (Å²) in [5.74, 6) is -0.213. The van der Waals surface area contributed by atoms with Gasteiger partial charge < -0.3 is 10.0 Å². The molecule has 1 aliphatic rings. The highest BCUT2D eigenvalue weighted by atomic mass is 35.5. The number of nitrogens with zero attached hydrogens (tertiary/aromatic N) is 1. The lowest BCUT2D eigenvalue weighted by Gasteiger charge is -2.18. The lowest BCUT2D eigenvalue weighted by Crippen LogP contribution is -2.24. The van der Waals surface area contributed by atoms with Crippen LogP contribution >= 0.6 is 35.8 Å². The van der Waals surface area contributed by atoms with Crippen LogP contribution in [-0.4, -0.2) is 22.8 Å². The largest absolute Gasteiger partial charge is 0.504 e. The second-order valence-corrected chi connectivity index (χ2v) is 5.19. The highest BCUT2D eigenvalue weighted by Gasteiger charge is 2.30. The van der Waals surface area contributed by atoms with Gasteiger partial charge in [-0.05, 0) is 12.1 Å². The van der Waals surface area contributed by atoms with Crippen LogP contribution in [0.1, 0.15) is 6.42 Å². The summed E-state index contributed by atoms with van der Waals surface area (Å²) in [6.07, 6.45) is 0.354. The summed E-state index contributed by atoms with van der Waals surface area (Å²) in [5.41, 5.74) is 0.346. The minimum absolute atomic E-state index is 0.0235. The first-order chi connectivity index (χ1) is 7.49. The number of phenolic OH excluding ortho intramolecular Hbond substituents is 1. The lowest BCUT2D eigenvalue weighted by atomic mass is 10.2. The number of thiol groups is 1. The van der Waals surface area contributed by atoms with Gasteiger partial charge in [-0.2, -0.15) is 12.6 Å². The Balaban J connectivity index is 2.44. The third-order valence-electron chi connectivity index (χ3n) is 2.40. The van der Waals surface area contributed by atoms with Crippen LogP contribution in [0.2, 0.25) is 10.0 Å². The summed E-state index contributed by atoms with van der Waals surface area (Å²) in [6, 6.07) is 2.95. The number of anilines is 1. The molecular weight excluding hydrogens is 269 g/mol. The molecule has 1 fully saturated rings. The van der Waals surface area contributed by atoms with Crippen molar-refractivity contribution in [1.82, 2.24) is 0 Å². The Kier molecular flexibility index (Phi) is 3.24. The predicted octanol–water partition coefficient (Wildman–Crippen LogP) is 2.73. The van der Waals surface area contributed by atoms with E-state index in [2.05, 4.69) is 12.6 Å².